The van der Waals surface area contributed by atoms with Crippen molar-refractivity contribution in [2.75, 3.05) is 14.1 Å². The zero-order chi connectivity index (χ0) is 9.23. The molecule has 0 saturated heterocycles. The van der Waals surface area contributed by atoms with Gasteiger partial charge in [-0.15, -0.1) is 0 Å². The van der Waals surface area contributed by atoms with E-state index in [2.05, 4.69) is 11.6 Å². The third-order valence-electron chi connectivity index (χ3n) is 1.62. The summed E-state index contributed by atoms with van der Waals surface area (Å²) in [6.07, 6.45) is 0. The van der Waals surface area contributed by atoms with Crippen LogP contribution in [-0.2, 0) is 0 Å². The van der Waals surface area contributed by atoms with Crippen molar-refractivity contribution in [2.24, 2.45) is 0 Å². The standard InChI is InChI=1S/C6H11ClF3N/c1-4(11(2)3)6(9,10)5(7)8/h4-5H,1-3H3. The average Bonchev–Trinajstić information content (AvgIpc) is 1.85. The van der Waals surface area contributed by atoms with Crippen LogP contribution in [-0.4, -0.2) is 36.6 Å². The second kappa shape index (κ2) is 3.63. The molecule has 0 aromatic heterocycles. The quantitative estimate of drug-likeness (QED) is 0.615. The molecule has 0 saturated carbocycles. The van der Waals surface area contributed by atoms with E-state index in [0.717, 1.165) is 0 Å². The number of rotatable bonds is 3. The van der Waals surface area contributed by atoms with E-state index in [9.17, 15) is 13.2 Å². The smallest absolute Gasteiger partial charge is 0.301 e. The molecule has 5 heteroatoms. The van der Waals surface area contributed by atoms with Gasteiger partial charge in [-0.3, -0.25) is 0 Å². The maximum Gasteiger partial charge on any atom is 0.307 e. The van der Waals surface area contributed by atoms with Gasteiger partial charge < -0.3 is 4.90 Å². The Morgan fingerprint density at radius 3 is 1.82 bits per heavy atom. The van der Waals surface area contributed by atoms with Crippen LogP contribution in [0, 0.1) is 0 Å². The van der Waals surface area contributed by atoms with Crippen LogP contribution in [0.25, 0.3) is 0 Å². The first-order valence-electron chi connectivity index (χ1n) is 3.12. The van der Waals surface area contributed by atoms with Crippen molar-refractivity contribution in [3.05, 3.63) is 0 Å². The molecule has 0 aliphatic heterocycles. The van der Waals surface area contributed by atoms with Gasteiger partial charge in [0, 0.05) is 0 Å². The molecule has 0 spiro atoms. The van der Waals surface area contributed by atoms with Crippen LogP contribution in [0.1, 0.15) is 6.92 Å². The number of nitrogens with zero attached hydrogens (tertiary/aromatic N) is 1. The summed E-state index contributed by atoms with van der Waals surface area (Å²) < 4.78 is 37.4. The minimum absolute atomic E-state index is 1.20. The van der Waals surface area contributed by atoms with Gasteiger partial charge in [0.1, 0.15) is 0 Å². The molecule has 68 valence electrons. The van der Waals surface area contributed by atoms with Crippen LogP contribution >= 0.6 is 11.6 Å². The lowest BCUT2D eigenvalue weighted by Gasteiger charge is -2.28. The Kier molecular flexibility index (Phi) is 3.64. The zero-order valence-corrected chi connectivity index (χ0v) is 7.37. The summed E-state index contributed by atoms with van der Waals surface area (Å²) in [5.41, 5.74) is -2.63. The number of halogens is 4. The van der Waals surface area contributed by atoms with E-state index in [1.807, 2.05) is 0 Å². The van der Waals surface area contributed by atoms with Crippen molar-refractivity contribution in [1.82, 2.24) is 4.90 Å². The summed E-state index contributed by atoms with van der Waals surface area (Å²) in [6.45, 7) is 1.22. The van der Waals surface area contributed by atoms with Gasteiger partial charge in [-0.25, -0.2) is 13.2 Å². The van der Waals surface area contributed by atoms with E-state index in [0.29, 0.717) is 0 Å². The molecule has 0 fully saturated rings. The van der Waals surface area contributed by atoms with Gasteiger partial charge in [-0.2, -0.15) is 0 Å². The van der Waals surface area contributed by atoms with Crippen molar-refractivity contribution in [3.63, 3.8) is 0 Å². The molecule has 2 unspecified atom stereocenters. The highest BCUT2D eigenvalue weighted by atomic mass is 35.5. The largest absolute Gasteiger partial charge is 0.307 e. The number of alkyl halides is 4. The van der Waals surface area contributed by atoms with E-state index >= 15 is 0 Å². The third-order valence-corrected chi connectivity index (χ3v) is 1.91. The van der Waals surface area contributed by atoms with E-state index in [1.54, 1.807) is 0 Å². The maximum absolute atomic E-state index is 12.6. The number of hydrogen-bond acceptors (Lipinski definition) is 1. The highest BCUT2D eigenvalue weighted by Crippen LogP contribution is 2.30. The molecule has 11 heavy (non-hydrogen) atoms. The molecule has 0 rings (SSSR count). The topological polar surface area (TPSA) is 3.24 Å². The third kappa shape index (κ3) is 2.52. The molecule has 0 amide bonds. The maximum atomic E-state index is 12.6. The van der Waals surface area contributed by atoms with Gasteiger partial charge in [0.05, 0.1) is 6.04 Å². The summed E-state index contributed by atoms with van der Waals surface area (Å²) in [5.74, 6) is -3.49. The molecule has 0 heterocycles. The molecule has 0 N–H and O–H groups in total. The molecule has 0 aromatic rings. The average molecular weight is 190 g/mol. The molecular weight excluding hydrogens is 179 g/mol. The fourth-order valence-corrected chi connectivity index (χ4v) is 0.709. The Hall–Kier alpha value is 0.0400. The Bertz CT molecular complexity index is 127. The predicted molar refractivity (Wildman–Crippen MR) is 38.8 cm³/mol. The summed E-state index contributed by atoms with van der Waals surface area (Å²) in [4.78, 5) is 1.22. The lowest BCUT2D eigenvalue weighted by atomic mass is 10.2. The van der Waals surface area contributed by atoms with Gasteiger partial charge in [0.2, 0.25) is 5.63 Å². The summed E-state index contributed by atoms with van der Waals surface area (Å²) >= 11 is 4.67. The monoisotopic (exact) mass is 189 g/mol. The van der Waals surface area contributed by atoms with Gasteiger partial charge >= 0.3 is 5.92 Å². The Balaban J connectivity index is 4.29. The molecule has 0 aliphatic carbocycles. The summed E-state index contributed by atoms with van der Waals surface area (Å²) in [7, 11) is 2.88. The summed E-state index contributed by atoms with van der Waals surface area (Å²) in [6, 6.07) is -1.20. The Morgan fingerprint density at radius 1 is 1.36 bits per heavy atom. The van der Waals surface area contributed by atoms with Crippen LogP contribution in [0.3, 0.4) is 0 Å². The molecule has 0 radical (unpaired) electrons. The Labute approximate surface area is 69.1 Å². The van der Waals surface area contributed by atoms with Gasteiger partial charge in [0.25, 0.3) is 0 Å². The van der Waals surface area contributed by atoms with E-state index in [-0.39, 0.29) is 0 Å². The van der Waals surface area contributed by atoms with E-state index in [1.165, 1.54) is 25.9 Å². The van der Waals surface area contributed by atoms with E-state index in [4.69, 9.17) is 0 Å². The van der Waals surface area contributed by atoms with Crippen molar-refractivity contribution < 1.29 is 13.2 Å². The van der Waals surface area contributed by atoms with E-state index < -0.39 is 17.6 Å². The first-order valence-corrected chi connectivity index (χ1v) is 3.56. The molecule has 0 bridgehead atoms. The minimum Gasteiger partial charge on any atom is -0.301 e. The van der Waals surface area contributed by atoms with Crippen molar-refractivity contribution >= 4 is 11.6 Å². The fraction of sp³-hybridized carbons (Fsp3) is 1.00. The second-order valence-corrected chi connectivity index (χ2v) is 3.00. The minimum atomic E-state index is -3.49. The van der Waals surface area contributed by atoms with Crippen LogP contribution in [0.4, 0.5) is 13.2 Å². The molecule has 0 aliphatic rings. The van der Waals surface area contributed by atoms with Crippen molar-refractivity contribution in [2.45, 2.75) is 24.5 Å². The first-order chi connectivity index (χ1) is 4.80. The highest BCUT2D eigenvalue weighted by Gasteiger charge is 2.45. The van der Waals surface area contributed by atoms with Crippen molar-refractivity contribution in [3.8, 4) is 0 Å². The normalized spacial score (nSPS) is 18.5. The van der Waals surface area contributed by atoms with Crippen LogP contribution in [0.15, 0.2) is 0 Å². The second-order valence-electron chi connectivity index (χ2n) is 2.61. The van der Waals surface area contributed by atoms with Crippen LogP contribution in [0.5, 0.6) is 0 Å². The first kappa shape index (κ1) is 11.0. The SMILES string of the molecule is CC(N(C)C)C(F)(F)C(F)Cl. The van der Waals surface area contributed by atoms with Gasteiger partial charge in [-0.05, 0) is 21.0 Å². The fourth-order valence-electron chi connectivity index (χ4n) is 0.527. The highest BCUT2D eigenvalue weighted by molar-refractivity contribution is 6.20. The lowest BCUT2D eigenvalue weighted by Crippen LogP contribution is -2.46. The lowest BCUT2D eigenvalue weighted by molar-refractivity contribution is -0.0931. The Morgan fingerprint density at radius 2 is 1.73 bits per heavy atom. The summed E-state index contributed by atoms with van der Waals surface area (Å²) in [5, 5.41) is 0. The van der Waals surface area contributed by atoms with Crippen molar-refractivity contribution in [1.29, 1.82) is 0 Å². The number of hydrogen-bond donors (Lipinski definition) is 0. The van der Waals surface area contributed by atoms with Crippen LogP contribution < -0.4 is 0 Å². The molecular formula is C6H11ClF3N. The van der Waals surface area contributed by atoms with Crippen LogP contribution in [0.2, 0.25) is 0 Å². The van der Waals surface area contributed by atoms with Gasteiger partial charge in [0.15, 0.2) is 0 Å². The molecule has 2 atom stereocenters. The molecule has 1 nitrogen and oxygen atoms in total. The zero-order valence-electron chi connectivity index (χ0n) is 6.61. The predicted octanol–water partition coefficient (Wildman–Crippen LogP) is 2.11. The molecule has 0 aromatic carbocycles. The van der Waals surface area contributed by atoms with Gasteiger partial charge in [-0.1, -0.05) is 11.6 Å².